The minimum atomic E-state index is -0.0133. The minimum Gasteiger partial charge on any atom is -0.396 e. The van der Waals surface area contributed by atoms with Crippen molar-refractivity contribution in [2.24, 2.45) is 5.92 Å². The molecule has 2 heterocycles. The fourth-order valence-electron chi connectivity index (χ4n) is 2.60. The van der Waals surface area contributed by atoms with Crippen LogP contribution >= 0.6 is 0 Å². The van der Waals surface area contributed by atoms with Gasteiger partial charge in [0, 0.05) is 25.6 Å². The normalized spacial score (nSPS) is 20.1. The van der Waals surface area contributed by atoms with Crippen LogP contribution < -0.4 is 0 Å². The number of aryl methyl sites for hydroxylation is 1. The Morgan fingerprint density at radius 2 is 2.32 bits per heavy atom. The summed E-state index contributed by atoms with van der Waals surface area (Å²) in [6, 6.07) is 0. The molecule has 1 amide bonds. The van der Waals surface area contributed by atoms with E-state index < -0.39 is 0 Å². The Hall–Kier alpha value is -1.36. The molecule has 2 rings (SSSR count). The van der Waals surface area contributed by atoms with Crippen LogP contribution in [0.2, 0.25) is 0 Å². The van der Waals surface area contributed by atoms with Gasteiger partial charge in [-0.15, -0.1) is 0 Å². The first-order chi connectivity index (χ1) is 9.04. The molecule has 1 aliphatic rings. The summed E-state index contributed by atoms with van der Waals surface area (Å²) in [6.07, 6.45) is 1.93. The molecule has 1 N–H and O–H groups in total. The molecule has 1 aliphatic heterocycles. The molecule has 5 heteroatoms. The van der Waals surface area contributed by atoms with E-state index in [4.69, 9.17) is 4.52 Å². The zero-order valence-electron chi connectivity index (χ0n) is 11.8. The summed E-state index contributed by atoms with van der Waals surface area (Å²) in [4.78, 5) is 14.4. The molecule has 1 aromatic rings. The van der Waals surface area contributed by atoms with E-state index in [1.54, 1.807) is 6.92 Å². The molecule has 0 saturated carbocycles. The molecule has 106 valence electrons. The second kappa shape index (κ2) is 5.74. The van der Waals surface area contributed by atoms with Gasteiger partial charge in [-0.1, -0.05) is 19.0 Å². The third-order valence-corrected chi connectivity index (χ3v) is 3.69. The number of aromatic nitrogens is 1. The number of hydrogen-bond donors (Lipinski definition) is 1. The van der Waals surface area contributed by atoms with Crippen LogP contribution in [0, 0.1) is 12.8 Å². The highest BCUT2D eigenvalue weighted by molar-refractivity contribution is 5.96. The van der Waals surface area contributed by atoms with Crippen LogP contribution in [0.5, 0.6) is 0 Å². The molecule has 0 bridgehead atoms. The van der Waals surface area contributed by atoms with E-state index in [0.717, 1.165) is 19.4 Å². The number of hydrogen-bond acceptors (Lipinski definition) is 4. The lowest BCUT2D eigenvalue weighted by atomic mass is 9.97. The number of aliphatic hydroxyl groups is 1. The van der Waals surface area contributed by atoms with Crippen LogP contribution in [0.3, 0.4) is 0 Å². The highest BCUT2D eigenvalue weighted by Gasteiger charge is 2.29. The number of carbonyl (C=O) groups excluding carboxylic acids is 1. The van der Waals surface area contributed by atoms with Crippen molar-refractivity contribution in [1.29, 1.82) is 0 Å². The summed E-state index contributed by atoms with van der Waals surface area (Å²) in [5.74, 6) is 0.980. The van der Waals surface area contributed by atoms with Gasteiger partial charge < -0.3 is 14.5 Å². The molecular formula is C14H22N2O3. The molecule has 1 fully saturated rings. The monoisotopic (exact) mass is 266 g/mol. The predicted octanol–water partition coefficient (Wildman–Crippen LogP) is 1.95. The number of nitrogens with zero attached hydrogens (tertiary/aromatic N) is 2. The van der Waals surface area contributed by atoms with Crippen LogP contribution in [0.25, 0.3) is 0 Å². The second-order valence-electron chi connectivity index (χ2n) is 5.60. The van der Waals surface area contributed by atoms with E-state index in [1.807, 2.05) is 18.7 Å². The van der Waals surface area contributed by atoms with Crippen molar-refractivity contribution in [3.63, 3.8) is 0 Å². The Morgan fingerprint density at radius 1 is 1.58 bits per heavy atom. The summed E-state index contributed by atoms with van der Waals surface area (Å²) in [5.41, 5.74) is 1.26. The summed E-state index contributed by atoms with van der Waals surface area (Å²) >= 11 is 0. The third kappa shape index (κ3) is 2.81. The van der Waals surface area contributed by atoms with Crippen molar-refractivity contribution in [2.45, 2.75) is 39.5 Å². The quantitative estimate of drug-likeness (QED) is 0.908. The van der Waals surface area contributed by atoms with Gasteiger partial charge in [-0.3, -0.25) is 4.79 Å². The van der Waals surface area contributed by atoms with E-state index in [0.29, 0.717) is 23.6 Å². The van der Waals surface area contributed by atoms with Crippen molar-refractivity contribution in [2.75, 3.05) is 19.7 Å². The highest BCUT2D eigenvalue weighted by Crippen LogP contribution is 2.25. The maximum Gasteiger partial charge on any atom is 0.259 e. The van der Waals surface area contributed by atoms with E-state index in [-0.39, 0.29) is 24.3 Å². The summed E-state index contributed by atoms with van der Waals surface area (Å²) < 4.78 is 5.28. The van der Waals surface area contributed by atoms with Gasteiger partial charge in [0.25, 0.3) is 5.91 Å². The molecule has 1 unspecified atom stereocenters. The standard InChI is InChI=1S/C14H22N2O3/c1-9(2)13-12(10(3)15-19-13)14(18)16-6-4-5-11(7-16)8-17/h9,11,17H,4-8H2,1-3H3. The van der Waals surface area contributed by atoms with Gasteiger partial charge in [0.15, 0.2) is 5.76 Å². The van der Waals surface area contributed by atoms with Crippen molar-refractivity contribution in [1.82, 2.24) is 10.1 Å². The summed E-state index contributed by atoms with van der Waals surface area (Å²) in [7, 11) is 0. The maximum atomic E-state index is 12.6. The van der Waals surface area contributed by atoms with E-state index in [2.05, 4.69) is 5.16 Å². The van der Waals surface area contributed by atoms with Crippen LogP contribution in [-0.2, 0) is 0 Å². The third-order valence-electron chi connectivity index (χ3n) is 3.69. The van der Waals surface area contributed by atoms with Gasteiger partial charge >= 0.3 is 0 Å². The Bertz CT molecular complexity index is 454. The van der Waals surface area contributed by atoms with Gasteiger partial charge in [-0.05, 0) is 25.7 Å². The topological polar surface area (TPSA) is 66.6 Å². The minimum absolute atomic E-state index is 0.0133. The number of amides is 1. The lowest BCUT2D eigenvalue weighted by molar-refractivity contribution is 0.0617. The first-order valence-corrected chi connectivity index (χ1v) is 6.90. The molecule has 0 aromatic carbocycles. The Kier molecular flexibility index (Phi) is 4.24. The van der Waals surface area contributed by atoms with Crippen LogP contribution in [0.15, 0.2) is 4.52 Å². The first-order valence-electron chi connectivity index (χ1n) is 6.90. The van der Waals surface area contributed by atoms with Gasteiger partial charge in [0.1, 0.15) is 5.56 Å². The van der Waals surface area contributed by atoms with Gasteiger partial charge in [0.05, 0.1) is 5.69 Å². The SMILES string of the molecule is Cc1noc(C(C)C)c1C(=O)N1CCCC(CO)C1. The average molecular weight is 266 g/mol. The molecule has 1 aromatic heterocycles. The van der Waals surface area contributed by atoms with Crippen molar-refractivity contribution in [3.05, 3.63) is 17.0 Å². The zero-order valence-corrected chi connectivity index (χ0v) is 11.8. The zero-order chi connectivity index (χ0) is 14.0. The maximum absolute atomic E-state index is 12.6. The first kappa shape index (κ1) is 14.1. The summed E-state index contributed by atoms with van der Waals surface area (Å²) in [5, 5.41) is 13.2. The molecule has 1 saturated heterocycles. The number of aliphatic hydroxyl groups excluding tert-OH is 1. The molecule has 19 heavy (non-hydrogen) atoms. The van der Waals surface area contributed by atoms with Crippen LogP contribution in [-0.4, -0.2) is 40.8 Å². The smallest absolute Gasteiger partial charge is 0.259 e. The Morgan fingerprint density at radius 3 is 2.95 bits per heavy atom. The Labute approximate surface area is 113 Å². The fraction of sp³-hybridized carbons (Fsp3) is 0.714. The second-order valence-corrected chi connectivity index (χ2v) is 5.60. The van der Waals surface area contributed by atoms with Crippen molar-refractivity contribution < 1.29 is 14.4 Å². The molecular weight excluding hydrogens is 244 g/mol. The average Bonchev–Trinajstić information content (AvgIpc) is 2.80. The van der Waals surface area contributed by atoms with Gasteiger partial charge in [-0.2, -0.15) is 0 Å². The van der Waals surface area contributed by atoms with Crippen molar-refractivity contribution >= 4 is 5.91 Å². The van der Waals surface area contributed by atoms with Gasteiger partial charge in [0.2, 0.25) is 0 Å². The molecule has 0 aliphatic carbocycles. The molecule has 1 atom stereocenters. The van der Waals surface area contributed by atoms with Gasteiger partial charge in [-0.25, -0.2) is 0 Å². The molecule has 5 nitrogen and oxygen atoms in total. The number of piperidine rings is 1. The molecule has 0 radical (unpaired) electrons. The number of rotatable bonds is 3. The molecule has 0 spiro atoms. The highest BCUT2D eigenvalue weighted by atomic mass is 16.5. The number of likely N-dealkylation sites (tertiary alicyclic amines) is 1. The van der Waals surface area contributed by atoms with E-state index in [1.165, 1.54) is 0 Å². The van der Waals surface area contributed by atoms with E-state index >= 15 is 0 Å². The largest absolute Gasteiger partial charge is 0.396 e. The summed E-state index contributed by atoms with van der Waals surface area (Å²) in [6.45, 7) is 7.29. The number of carbonyl (C=O) groups is 1. The lowest BCUT2D eigenvalue weighted by Gasteiger charge is -2.31. The van der Waals surface area contributed by atoms with Crippen molar-refractivity contribution in [3.8, 4) is 0 Å². The van der Waals surface area contributed by atoms with E-state index in [9.17, 15) is 9.90 Å². The Balaban J connectivity index is 2.21. The fourth-order valence-corrected chi connectivity index (χ4v) is 2.60. The predicted molar refractivity (Wildman–Crippen MR) is 71.0 cm³/mol. The van der Waals surface area contributed by atoms with Crippen LogP contribution in [0.1, 0.15) is 54.4 Å². The lowest BCUT2D eigenvalue weighted by Crippen LogP contribution is -2.41. The van der Waals surface area contributed by atoms with Crippen LogP contribution in [0.4, 0.5) is 0 Å².